The van der Waals surface area contributed by atoms with Crippen LogP contribution in [0, 0.1) is 0 Å². The van der Waals surface area contributed by atoms with Gasteiger partial charge in [-0.2, -0.15) is 0 Å². The number of aromatic nitrogens is 4. The first-order valence-corrected chi connectivity index (χ1v) is 34.5. The summed E-state index contributed by atoms with van der Waals surface area (Å²) in [6.45, 7) is 9.16. The smallest absolute Gasteiger partial charge is 0.146 e. The van der Waals surface area contributed by atoms with E-state index in [1.165, 1.54) is 176 Å². The van der Waals surface area contributed by atoms with Gasteiger partial charge in [0.2, 0.25) is 0 Å². The molecule has 0 fully saturated rings. The van der Waals surface area contributed by atoms with Crippen molar-refractivity contribution in [1.29, 1.82) is 0 Å². The minimum Gasteiger partial charge on any atom is -0.291 e. The van der Waals surface area contributed by atoms with E-state index in [0.29, 0.717) is 10.0 Å². The van der Waals surface area contributed by atoms with E-state index < -0.39 is 0 Å². The number of imidazole rings is 2. The van der Waals surface area contributed by atoms with E-state index in [9.17, 15) is 0 Å². The van der Waals surface area contributed by atoms with Crippen LogP contribution in [0.4, 0.5) is 0 Å². The largest absolute Gasteiger partial charge is 0.291 e. The Hall–Kier alpha value is -6.46. The monoisotopic (exact) mass is 1180 g/mol. The molecule has 6 heteroatoms. The van der Waals surface area contributed by atoms with Crippen molar-refractivity contribution < 1.29 is 0 Å². The summed E-state index contributed by atoms with van der Waals surface area (Å²) in [6, 6.07) is 55.0. The Balaban J connectivity index is 1.09. The number of aryl methyl sites for hydroxylation is 4. The molecule has 0 spiro atoms. The molecule has 4 nitrogen and oxygen atoms in total. The van der Waals surface area contributed by atoms with Gasteiger partial charge in [-0.3, -0.25) is 8.80 Å². The molecule has 0 bridgehead atoms. The first-order chi connectivity index (χ1) is 42.3. The molecule has 0 aliphatic heterocycles. The Morgan fingerprint density at radius 1 is 0.279 bits per heavy atom. The Morgan fingerprint density at radius 2 is 0.558 bits per heavy atom. The number of halogens is 2. The van der Waals surface area contributed by atoms with E-state index >= 15 is 0 Å². The molecule has 0 radical (unpaired) electrons. The second-order valence-electron chi connectivity index (χ2n) is 25.1. The third-order valence-corrected chi connectivity index (χ3v) is 19.0. The van der Waals surface area contributed by atoms with Crippen LogP contribution >= 0.6 is 23.2 Å². The molecule has 11 aromatic rings. The molecule has 0 saturated heterocycles. The zero-order chi connectivity index (χ0) is 59.2. The van der Waals surface area contributed by atoms with Gasteiger partial charge in [-0.15, -0.1) is 0 Å². The van der Waals surface area contributed by atoms with Crippen LogP contribution in [0.25, 0.3) is 99.7 Å². The normalized spacial score (nSPS) is 12.0. The van der Waals surface area contributed by atoms with E-state index in [4.69, 9.17) is 33.2 Å². The number of unbranched alkanes of at least 4 members (excludes halogenated alkanes) is 20. The highest BCUT2D eigenvalue weighted by atomic mass is 35.5. The molecular weight excluding hydrogens is 1090 g/mol. The second kappa shape index (κ2) is 30.0. The maximum atomic E-state index is 7.14. The lowest BCUT2D eigenvalue weighted by molar-refractivity contribution is 0.607. The van der Waals surface area contributed by atoms with Gasteiger partial charge < -0.3 is 0 Å². The van der Waals surface area contributed by atoms with E-state index in [1.807, 2.05) is 12.1 Å². The molecule has 86 heavy (non-hydrogen) atoms. The standard InChI is InChI=1S/C80H92Cl2N4/c1-5-9-13-17-21-25-29-57-33-41-61(42-34-57)75-77(63-45-37-59(38-46-63)31-27-23-19-15-11-7-3)85-73-53-65(81)49-51-67(73)69-56-72-70(55-71(69)79(85)83-75)68-52-50-66(82)54-74(68)86-78(64-47-39-60(40-48-64)32-28-24-20-16-12-8-4)76(84-80(72)86)62-43-35-58(36-44-62)30-26-22-18-14-10-6-2/h33-56H,5-32H2,1-4H3. The average Bonchev–Trinajstić information content (AvgIpc) is 1.48. The molecule has 0 saturated carbocycles. The summed E-state index contributed by atoms with van der Waals surface area (Å²) in [5, 5.41) is 7.99. The van der Waals surface area contributed by atoms with E-state index in [-0.39, 0.29) is 0 Å². The lowest BCUT2D eigenvalue weighted by Gasteiger charge is -2.16. The maximum Gasteiger partial charge on any atom is 0.146 e. The molecule has 0 aliphatic rings. The number of nitrogens with zero attached hydrogens (tertiary/aromatic N) is 4. The highest BCUT2D eigenvalue weighted by Gasteiger charge is 2.26. The zero-order valence-corrected chi connectivity index (χ0v) is 53.7. The second-order valence-corrected chi connectivity index (χ2v) is 25.9. The Labute approximate surface area is 523 Å². The van der Waals surface area contributed by atoms with Crippen molar-refractivity contribution in [3.8, 4) is 45.0 Å². The van der Waals surface area contributed by atoms with Gasteiger partial charge in [0.15, 0.2) is 0 Å². The van der Waals surface area contributed by atoms with Crippen LogP contribution in [0.15, 0.2) is 146 Å². The number of benzene rings is 7. The maximum absolute atomic E-state index is 7.14. The highest BCUT2D eigenvalue weighted by molar-refractivity contribution is 6.33. The number of fused-ring (bicyclic) bond motifs is 12. The predicted octanol–water partition coefficient (Wildman–Crippen LogP) is 25.2. The molecule has 7 aromatic carbocycles. The van der Waals surface area contributed by atoms with Gasteiger partial charge in [0.1, 0.15) is 11.3 Å². The average molecular weight is 1180 g/mol. The number of hydrogen-bond acceptors (Lipinski definition) is 2. The third kappa shape index (κ3) is 14.1. The number of rotatable bonds is 32. The molecule has 0 N–H and O–H groups in total. The van der Waals surface area contributed by atoms with Gasteiger partial charge in [0, 0.05) is 53.8 Å². The van der Waals surface area contributed by atoms with Gasteiger partial charge in [0.05, 0.1) is 33.8 Å². The van der Waals surface area contributed by atoms with Crippen molar-refractivity contribution in [2.24, 2.45) is 0 Å². The summed E-state index contributed by atoms with van der Waals surface area (Å²) in [7, 11) is 0. The van der Waals surface area contributed by atoms with Gasteiger partial charge in [-0.25, -0.2) is 9.97 Å². The molecule has 0 aliphatic carbocycles. The van der Waals surface area contributed by atoms with Crippen LogP contribution < -0.4 is 0 Å². The van der Waals surface area contributed by atoms with Crippen LogP contribution in [0.5, 0.6) is 0 Å². The molecule has 4 heterocycles. The summed E-state index contributed by atoms with van der Waals surface area (Å²) < 4.78 is 4.82. The van der Waals surface area contributed by atoms with Crippen molar-refractivity contribution in [3.63, 3.8) is 0 Å². The van der Waals surface area contributed by atoms with Gasteiger partial charge in [-0.1, -0.05) is 289 Å². The predicted molar refractivity (Wildman–Crippen MR) is 374 cm³/mol. The molecule has 4 aromatic heterocycles. The van der Waals surface area contributed by atoms with Gasteiger partial charge in [0.25, 0.3) is 0 Å². The molecule has 446 valence electrons. The fraction of sp³-hybridized carbons (Fsp3) is 0.400. The lowest BCUT2D eigenvalue weighted by atomic mass is 9.97. The topological polar surface area (TPSA) is 34.6 Å². The van der Waals surface area contributed by atoms with Crippen molar-refractivity contribution in [2.75, 3.05) is 0 Å². The molecular formula is C80H92Cl2N4. The summed E-state index contributed by atoms with van der Waals surface area (Å²) in [4.78, 5) is 11.7. The minimum atomic E-state index is 0.692. The van der Waals surface area contributed by atoms with Crippen LogP contribution in [-0.4, -0.2) is 18.8 Å². The molecule has 11 rings (SSSR count). The van der Waals surface area contributed by atoms with Gasteiger partial charge in [-0.05, 0) is 121 Å². The Bertz CT molecular complexity index is 3740. The number of hydrogen-bond donors (Lipinski definition) is 0. The fourth-order valence-corrected chi connectivity index (χ4v) is 13.9. The van der Waals surface area contributed by atoms with Gasteiger partial charge >= 0.3 is 0 Å². The third-order valence-electron chi connectivity index (χ3n) is 18.6. The summed E-state index contributed by atoms with van der Waals surface area (Å²) in [5.74, 6) is 0. The van der Waals surface area contributed by atoms with Crippen molar-refractivity contribution in [3.05, 3.63) is 178 Å². The van der Waals surface area contributed by atoms with Crippen molar-refractivity contribution in [2.45, 2.75) is 207 Å². The van der Waals surface area contributed by atoms with Crippen LogP contribution in [0.2, 0.25) is 10.0 Å². The fourth-order valence-electron chi connectivity index (χ4n) is 13.6. The summed E-state index contributed by atoms with van der Waals surface area (Å²) in [5.41, 5.74) is 18.0. The minimum absolute atomic E-state index is 0.692. The summed E-state index contributed by atoms with van der Waals surface area (Å²) in [6.07, 6.45) is 35.3. The molecule has 0 unspecified atom stereocenters. The van der Waals surface area contributed by atoms with Crippen molar-refractivity contribution in [1.82, 2.24) is 18.8 Å². The number of pyridine rings is 2. The Morgan fingerprint density at radius 3 is 0.860 bits per heavy atom. The molecule has 0 amide bonds. The van der Waals surface area contributed by atoms with Crippen LogP contribution in [-0.2, 0) is 25.7 Å². The van der Waals surface area contributed by atoms with Crippen molar-refractivity contribution >= 4 is 77.8 Å². The van der Waals surface area contributed by atoms with E-state index in [2.05, 4.69) is 170 Å². The first-order valence-electron chi connectivity index (χ1n) is 33.8. The van der Waals surface area contributed by atoms with Crippen LogP contribution in [0.3, 0.4) is 0 Å². The molecule has 0 atom stereocenters. The quantitative estimate of drug-likeness (QED) is 0.0239. The highest BCUT2D eigenvalue weighted by Crippen LogP contribution is 2.45. The van der Waals surface area contributed by atoms with E-state index in [1.54, 1.807) is 0 Å². The van der Waals surface area contributed by atoms with Crippen LogP contribution in [0.1, 0.15) is 204 Å². The van der Waals surface area contributed by atoms with E-state index in [0.717, 1.165) is 125 Å². The first kappa shape index (κ1) is 61.2. The lowest BCUT2D eigenvalue weighted by Crippen LogP contribution is -1.97. The summed E-state index contributed by atoms with van der Waals surface area (Å²) >= 11 is 14.3. The Kier molecular flexibility index (Phi) is 21.3. The SMILES string of the molecule is CCCCCCCCc1ccc(-c2nc3c4cc5c6ccc(Cl)cc6n6c(-c7ccc(CCCCCCCC)cc7)c(-c7ccc(CCCCCCCC)cc7)nc6c5cc4c4ccc(Cl)cc4n3c2-c2ccc(CCCCCCCC)cc2)cc1. The zero-order valence-electron chi connectivity index (χ0n) is 52.2.